The van der Waals surface area contributed by atoms with E-state index in [9.17, 15) is 9.18 Å². The van der Waals surface area contributed by atoms with E-state index in [1.807, 2.05) is 23.7 Å². The number of halogens is 1. The van der Waals surface area contributed by atoms with Crippen LogP contribution < -0.4 is 0 Å². The van der Waals surface area contributed by atoms with Crippen LogP contribution in [0.3, 0.4) is 0 Å². The van der Waals surface area contributed by atoms with E-state index in [0.29, 0.717) is 16.5 Å². The van der Waals surface area contributed by atoms with Crippen molar-refractivity contribution in [3.05, 3.63) is 60.2 Å². The molecule has 5 nitrogen and oxygen atoms in total. The normalized spacial score (nSPS) is 12.1. The van der Waals surface area contributed by atoms with Gasteiger partial charge in [0.05, 0.1) is 5.25 Å². The maximum atomic E-state index is 13.0. The summed E-state index contributed by atoms with van der Waals surface area (Å²) in [5, 5.41) is 8.64. The molecule has 122 valence electrons. The van der Waals surface area contributed by atoms with E-state index in [-0.39, 0.29) is 16.9 Å². The summed E-state index contributed by atoms with van der Waals surface area (Å²) in [7, 11) is 1.85. The van der Waals surface area contributed by atoms with Gasteiger partial charge in [-0.15, -0.1) is 10.2 Å². The van der Waals surface area contributed by atoms with Crippen molar-refractivity contribution in [3.8, 4) is 11.4 Å². The van der Waals surface area contributed by atoms with Gasteiger partial charge < -0.3 is 4.57 Å². The standard InChI is InChI=1S/C17H15FN4OS/c1-11(15(23)12-3-5-14(18)6-4-12)24-17-21-20-16(22(17)2)13-7-9-19-10-8-13/h3-11H,1-2H3/t11-/m1/s1. The lowest BCUT2D eigenvalue weighted by Crippen LogP contribution is -2.14. The minimum absolute atomic E-state index is 0.0755. The van der Waals surface area contributed by atoms with Crippen LogP contribution in [-0.4, -0.2) is 30.8 Å². The van der Waals surface area contributed by atoms with Gasteiger partial charge in [0.15, 0.2) is 16.8 Å². The van der Waals surface area contributed by atoms with Gasteiger partial charge >= 0.3 is 0 Å². The number of pyridine rings is 1. The third-order valence-electron chi connectivity index (χ3n) is 3.55. The molecule has 0 amide bonds. The summed E-state index contributed by atoms with van der Waals surface area (Å²) >= 11 is 1.32. The predicted octanol–water partition coefficient (Wildman–Crippen LogP) is 3.38. The van der Waals surface area contributed by atoms with E-state index in [1.165, 1.54) is 36.0 Å². The molecule has 0 radical (unpaired) electrons. The van der Waals surface area contributed by atoms with Crippen molar-refractivity contribution < 1.29 is 9.18 Å². The Balaban J connectivity index is 1.78. The molecule has 0 aliphatic carbocycles. The van der Waals surface area contributed by atoms with Gasteiger partial charge in [0.1, 0.15) is 5.82 Å². The number of Topliss-reactive ketones (excluding diaryl/α,β-unsaturated/α-hetero) is 1. The molecule has 0 saturated heterocycles. The summed E-state index contributed by atoms with van der Waals surface area (Å²) in [5.41, 5.74) is 1.39. The van der Waals surface area contributed by atoms with Gasteiger partial charge in [0.25, 0.3) is 0 Å². The molecule has 0 aliphatic rings. The maximum Gasteiger partial charge on any atom is 0.191 e. The van der Waals surface area contributed by atoms with Crippen molar-refractivity contribution in [3.63, 3.8) is 0 Å². The van der Waals surface area contributed by atoms with Crippen LogP contribution in [0.1, 0.15) is 17.3 Å². The molecule has 0 saturated carbocycles. The zero-order valence-corrected chi connectivity index (χ0v) is 14.0. The second-order valence-electron chi connectivity index (χ2n) is 5.23. The quantitative estimate of drug-likeness (QED) is 0.525. The largest absolute Gasteiger partial charge is 0.305 e. The van der Waals surface area contributed by atoms with Crippen LogP contribution in [0.5, 0.6) is 0 Å². The van der Waals surface area contributed by atoms with Gasteiger partial charge in [-0.25, -0.2) is 4.39 Å². The number of hydrogen-bond donors (Lipinski definition) is 0. The number of ketones is 1. The molecule has 1 atom stereocenters. The number of benzene rings is 1. The Morgan fingerprint density at radius 3 is 2.46 bits per heavy atom. The van der Waals surface area contributed by atoms with Crippen molar-refractivity contribution in [1.82, 2.24) is 19.7 Å². The molecule has 2 aromatic heterocycles. The highest BCUT2D eigenvalue weighted by molar-refractivity contribution is 8.00. The molecule has 24 heavy (non-hydrogen) atoms. The molecule has 0 spiro atoms. The Bertz CT molecular complexity index is 849. The van der Waals surface area contributed by atoms with E-state index < -0.39 is 0 Å². The van der Waals surface area contributed by atoms with Crippen molar-refractivity contribution in [2.24, 2.45) is 7.05 Å². The highest BCUT2D eigenvalue weighted by atomic mass is 32.2. The highest BCUT2D eigenvalue weighted by Crippen LogP contribution is 2.27. The number of rotatable bonds is 5. The molecule has 2 heterocycles. The number of aromatic nitrogens is 4. The molecule has 3 rings (SSSR count). The van der Waals surface area contributed by atoms with Crippen LogP contribution in [0, 0.1) is 5.82 Å². The Morgan fingerprint density at radius 2 is 1.79 bits per heavy atom. The van der Waals surface area contributed by atoms with E-state index in [0.717, 1.165) is 5.56 Å². The lowest BCUT2D eigenvalue weighted by molar-refractivity contribution is 0.0994. The second kappa shape index (κ2) is 6.92. The molecule has 0 bridgehead atoms. The first-order valence-electron chi connectivity index (χ1n) is 7.32. The molecule has 0 N–H and O–H groups in total. The summed E-state index contributed by atoms with van der Waals surface area (Å²) < 4.78 is 14.8. The maximum absolute atomic E-state index is 13.0. The van der Waals surface area contributed by atoms with Crippen LogP contribution in [0.4, 0.5) is 4.39 Å². The average Bonchev–Trinajstić information content (AvgIpc) is 2.96. The van der Waals surface area contributed by atoms with Crippen molar-refractivity contribution in [2.45, 2.75) is 17.3 Å². The van der Waals surface area contributed by atoms with Gasteiger partial charge in [-0.05, 0) is 43.3 Å². The average molecular weight is 342 g/mol. The fourth-order valence-electron chi connectivity index (χ4n) is 2.23. The summed E-state index contributed by atoms with van der Waals surface area (Å²) in [6.45, 7) is 1.80. The summed E-state index contributed by atoms with van der Waals surface area (Å²) in [6.07, 6.45) is 3.38. The highest BCUT2D eigenvalue weighted by Gasteiger charge is 2.20. The van der Waals surface area contributed by atoms with Gasteiger partial charge in [-0.1, -0.05) is 11.8 Å². The van der Waals surface area contributed by atoms with Gasteiger partial charge in [0.2, 0.25) is 0 Å². The van der Waals surface area contributed by atoms with Crippen molar-refractivity contribution in [2.75, 3.05) is 0 Å². The predicted molar refractivity (Wildman–Crippen MR) is 90.3 cm³/mol. The first-order chi connectivity index (χ1) is 11.6. The SMILES string of the molecule is C[C@@H](Sc1nnc(-c2ccncc2)n1C)C(=O)c1ccc(F)cc1. The van der Waals surface area contributed by atoms with Crippen molar-refractivity contribution >= 4 is 17.5 Å². The topological polar surface area (TPSA) is 60.7 Å². The van der Waals surface area contributed by atoms with E-state index >= 15 is 0 Å². The summed E-state index contributed by atoms with van der Waals surface area (Å²) in [6, 6.07) is 9.27. The number of carbonyl (C=O) groups excluding carboxylic acids is 1. The number of hydrogen-bond acceptors (Lipinski definition) is 5. The smallest absolute Gasteiger partial charge is 0.191 e. The molecule has 7 heteroatoms. The molecule has 0 aliphatic heterocycles. The fraction of sp³-hybridized carbons (Fsp3) is 0.176. The zero-order valence-electron chi connectivity index (χ0n) is 13.2. The third-order valence-corrected chi connectivity index (χ3v) is 4.69. The van der Waals surface area contributed by atoms with Crippen LogP contribution >= 0.6 is 11.8 Å². The van der Waals surface area contributed by atoms with Crippen LogP contribution in [0.2, 0.25) is 0 Å². The minimum Gasteiger partial charge on any atom is -0.305 e. The van der Waals surface area contributed by atoms with Gasteiger partial charge in [0, 0.05) is 30.6 Å². The summed E-state index contributed by atoms with van der Waals surface area (Å²) in [5.74, 6) is 0.275. The molecular weight excluding hydrogens is 327 g/mol. The Kier molecular flexibility index (Phi) is 4.71. The first kappa shape index (κ1) is 16.3. The molecule has 0 fully saturated rings. The Morgan fingerprint density at radius 1 is 1.12 bits per heavy atom. The summed E-state index contributed by atoms with van der Waals surface area (Å²) in [4.78, 5) is 16.4. The lowest BCUT2D eigenvalue weighted by Gasteiger charge is -2.10. The lowest BCUT2D eigenvalue weighted by atomic mass is 10.1. The number of carbonyl (C=O) groups is 1. The van der Waals surface area contributed by atoms with Gasteiger partial charge in [-0.2, -0.15) is 0 Å². The third kappa shape index (κ3) is 3.35. The molecule has 1 aromatic carbocycles. The number of nitrogens with zero attached hydrogens (tertiary/aromatic N) is 4. The monoisotopic (exact) mass is 342 g/mol. The van der Waals surface area contributed by atoms with E-state index in [1.54, 1.807) is 19.3 Å². The molecule has 3 aromatic rings. The molecule has 0 unspecified atom stereocenters. The van der Waals surface area contributed by atoms with Crippen molar-refractivity contribution in [1.29, 1.82) is 0 Å². The van der Waals surface area contributed by atoms with Gasteiger partial charge in [-0.3, -0.25) is 9.78 Å². The first-order valence-corrected chi connectivity index (χ1v) is 8.20. The van der Waals surface area contributed by atoms with Crippen LogP contribution in [0.25, 0.3) is 11.4 Å². The Hall–Kier alpha value is -2.54. The second-order valence-corrected chi connectivity index (χ2v) is 6.54. The fourth-order valence-corrected chi connectivity index (χ4v) is 3.12. The minimum atomic E-state index is -0.359. The zero-order chi connectivity index (χ0) is 17.1. The number of thioether (sulfide) groups is 1. The van der Waals surface area contributed by atoms with E-state index in [4.69, 9.17) is 0 Å². The van der Waals surface area contributed by atoms with Crippen LogP contribution in [-0.2, 0) is 7.05 Å². The van der Waals surface area contributed by atoms with Crippen LogP contribution in [0.15, 0.2) is 53.9 Å². The Labute approximate surface area is 143 Å². The molecular formula is C17H15FN4OS. The van der Waals surface area contributed by atoms with E-state index in [2.05, 4.69) is 15.2 Å².